The van der Waals surface area contributed by atoms with E-state index < -0.39 is 10.0 Å². The van der Waals surface area contributed by atoms with Crippen LogP contribution in [0.2, 0.25) is 5.02 Å². The van der Waals surface area contributed by atoms with E-state index in [-0.39, 0.29) is 11.7 Å². The van der Waals surface area contributed by atoms with E-state index in [9.17, 15) is 13.2 Å². The van der Waals surface area contributed by atoms with Gasteiger partial charge in [0.1, 0.15) is 0 Å². The molecule has 0 bridgehead atoms. The second-order valence-electron chi connectivity index (χ2n) is 5.70. The molecule has 2 N–H and O–H groups in total. The van der Waals surface area contributed by atoms with Crippen LogP contribution in [-0.4, -0.2) is 25.8 Å². The van der Waals surface area contributed by atoms with E-state index in [1.54, 1.807) is 32.0 Å². The van der Waals surface area contributed by atoms with Crippen LogP contribution in [0.3, 0.4) is 0 Å². The van der Waals surface area contributed by atoms with E-state index in [0.717, 1.165) is 16.9 Å². The zero-order valence-corrected chi connectivity index (χ0v) is 17.0. The highest BCUT2D eigenvalue weighted by molar-refractivity contribution is 7.99. The summed E-state index contributed by atoms with van der Waals surface area (Å²) in [4.78, 5) is 12.1. The zero-order chi connectivity index (χ0) is 19.2. The molecule has 0 aliphatic heterocycles. The number of carbonyl (C=O) groups excluding carboxylic acids is 1. The Labute approximate surface area is 163 Å². The monoisotopic (exact) mass is 412 g/mol. The van der Waals surface area contributed by atoms with Crippen LogP contribution in [0.4, 0.5) is 11.4 Å². The molecule has 2 aromatic rings. The third-order valence-corrected chi connectivity index (χ3v) is 6.12. The first kappa shape index (κ1) is 20.6. The number of amides is 1. The fourth-order valence-electron chi connectivity index (χ4n) is 2.13. The van der Waals surface area contributed by atoms with Crippen LogP contribution in [0.5, 0.6) is 0 Å². The van der Waals surface area contributed by atoms with E-state index in [1.165, 1.54) is 11.8 Å². The van der Waals surface area contributed by atoms with E-state index in [1.807, 2.05) is 24.3 Å². The topological polar surface area (TPSA) is 75.3 Å². The molecule has 140 valence electrons. The Morgan fingerprint density at radius 2 is 1.85 bits per heavy atom. The molecule has 1 amide bonds. The van der Waals surface area contributed by atoms with Crippen molar-refractivity contribution < 1.29 is 13.2 Å². The van der Waals surface area contributed by atoms with Gasteiger partial charge in [-0.3, -0.25) is 9.52 Å². The number of hydrogen-bond acceptors (Lipinski definition) is 4. The summed E-state index contributed by atoms with van der Waals surface area (Å²) >= 11 is 7.36. The lowest BCUT2D eigenvalue weighted by Gasteiger charge is -2.11. The molecule has 0 heterocycles. The molecule has 0 spiro atoms. The molecule has 0 fully saturated rings. The highest BCUT2D eigenvalue weighted by atomic mass is 35.5. The molecule has 0 atom stereocenters. The van der Waals surface area contributed by atoms with Crippen molar-refractivity contribution in [2.45, 2.75) is 19.6 Å². The van der Waals surface area contributed by atoms with Crippen molar-refractivity contribution in [1.29, 1.82) is 0 Å². The van der Waals surface area contributed by atoms with Crippen molar-refractivity contribution in [3.05, 3.63) is 58.6 Å². The van der Waals surface area contributed by atoms with Crippen LogP contribution < -0.4 is 10.0 Å². The number of thioether (sulfide) groups is 1. The van der Waals surface area contributed by atoms with E-state index in [0.29, 0.717) is 22.2 Å². The molecular weight excluding hydrogens is 392 g/mol. The minimum absolute atomic E-state index is 0.00969. The lowest BCUT2D eigenvalue weighted by molar-refractivity contribution is -0.113. The van der Waals surface area contributed by atoms with E-state index >= 15 is 0 Å². The highest BCUT2D eigenvalue weighted by Crippen LogP contribution is 2.21. The summed E-state index contributed by atoms with van der Waals surface area (Å²) in [6, 6.07) is 12.6. The number of benzene rings is 2. The van der Waals surface area contributed by atoms with Gasteiger partial charge in [0.15, 0.2) is 0 Å². The minimum Gasteiger partial charge on any atom is -0.325 e. The van der Waals surface area contributed by atoms with Gasteiger partial charge in [-0.05, 0) is 55.3 Å². The number of anilines is 2. The Hall–Kier alpha value is -1.70. The lowest BCUT2D eigenvalue weighted by atomic mass is 10.2. The van der Waals surface area contributed by atoms with Crippen molar-refractivity contribution >= 4 is 50.7 Å². The SMILES string of the molecule is CCS(=O)(=O)Nc1ccc(NC(=O)CSCc2ccc(Cl)cc2)cc1C. The Morgan fingerprint density at radius 1 is 1.15 bits per heavy atom. The first-order valence-corrected chi connectivity index (χ1v) is 11.2. The van der Waals surface area contributed by atoms with Gasteiger partial charge in [-0.15, -0.1) is 11.8 Å². The summed E-state index contributed by atoms with van der Waals surface area (Å²) in [7, 11) is -3.32. The van der Waals surface area contributed by atoms with E-state index in [4.69, 9.17) is 11.6 Å². The largest absolute Gasteiger partial charge is 0.325 e. The number of halogens is 1. The summed E-state index contributed by atoms with van der Waals surface area (Å²) < 4.78 is 25.8. The first-order valence-electron chi connectivity index (χ1n) is 8.02. The smallest absolute Gasteiger partial charge is 0.234 e. The van der Waals surface area contributed by atoms with Gasteiger partial charge in [-0.1, -0.05) is 23.7 Å². The molecular formula is C18H21ClN2O3S2. The maximum atomic E-state index is 12.1. The molecule has 0 aliphatic rings. The number of carbonyl (C=O) groups is 1. The molecule has 26 heavy (non-hydrogen) atoms. The number of nitrogens with one attached hydrogen (secondary N) is 2. The summed E-state index contributed by atoms with van der Waals surface area (Å²) in [6.45, 7) is 3.37. The van der Waals surface area contributed by atoms with Gasteiger partial charge in [-0.25, -0.2) is 8.42 Å². The summed E-state index contributed by atoms with van der Waals surface area (Å²) in [5, 5.41) is 3.52. The van der Waals surface area contributed by atoms with Crippen LogP contribution in [0.15, 0.2) is 42.5 Å². The van der Waals surface area contributed by atoms with Crippen LogP contribution in [0.1, 0.15) is 18.1 Å². The van der Waals surface area contributed by atoms with Crippen molar-refractivity contribution in [2.75, 3.05) is 21.5 Å². The van der Waals surface area contributed by atoms with Crippen LogP contribution in [0, 0.1) is 6.92 Å². The molecule has 0 unspecified atom stereocenters. The molecule has 2 rings (SSSR count). The molecule has 8 heteroatoms. The standard InChI is InChI=1S/C18H21ClN2O3S2/c1-3-26(23,24)21-17-9-8-16(10-13(17)2)20-18(22)12-25-11-14-4-6-15(19)7-5-14/h4-10,21H,3,11-12H2,1-2H3,(H,20,22). The third-order valence-electron chi connectivity index (χ3n) is 3.57. The quantitative estimate of drug-likeness (QED) is 0.678. The van der Waals surface area contributed by atoms with Gasteiger partial charge in [0.05, 0.1) is 17.2 Å². The summed E-state index contributed by atoms with van der Waals surface area (Å²) in [5.74, 6) is 0.952. The maximum absolute atomic E-state index is 12.1. The molecule has 0 radical (unpaired) electrons. The molecule has 0 saturated carbocycles. The van der Waals surface area contributed by atoms with Gasteiger partial charge >= 0.3 is 0 Å². The molecule has 0 saturated heterocycles. The van der Waals surface area contributed by atoms with Gasteiger partial charge in [-0.2, -0.15) is 0 Å². The summed E-state index contributed by atoms with van der Waals surface area (Å²) in [6.07, 6.45) is 0. The molecule has 2 aromatic carbocycles. The molecule has 0 aromatic heterocycles. The average molecular weight is 413 g/mol. The van der Waals surface area contributed by atoms with Crippen molar-refractivity contribution in [2.24, 2.45) is 0 Å². The Morgan fingerprint density at radius 3 is 2.46 bits per heavy atom. The minimum atomic E-state index is -3.32. The van der Waals surface area contributed by atoms with Gasteiger partial charge in [0, 0.05) is 16.5 Å². The first-order chi connectivity index (χ1) is 12.3. The average Bonchev–Trinajstić information content (AvgIpc) is 2.59. The molecule has 0 aliphatic carbocycles. The number of hydrogen-bond donors (Lipinski definition) is 2. The number of aryl methyl sites for hydroxylation is 1. The summed E-state index contributed by atoms with van der Waals surface area (Å²) in [5.41, 5.74) is 3.00. The predicted octanol–water partition coefficient (Wildman–Crippen LogP) is 4.28. The van der Waals surface area contributed by atoms with Gasteiger partial charge < -0.3 is 5.32 Å². The van der Waals surface area contributed by atoms with Gasteiger partial charge in [0.25, 0.3) is 0 Å². The number of rotatable bonds is 8. The van der Waals surface area contributed by atoms with Crippen molar-refractivity contribution in [1.82, 2.24) is 0 Å². The maximum Gasteiger partial charge on any atom is 0.234 e. The fourth-order valence-corrected chi connectivity index (χ4v) is 3.76. The Kier molecular flexibility index (Phi) is 7.37. The number of sulfonamides is 1. The second kappa shape index (κ2) is 9.30. The second-order valence-corrected chi connectivity index (χ2v) is 9.14. The predicted molar refractivity (Wildman–Crippen MR) is 111 cm³/mol. The van der Waals surface area contributed by atoms with Crippen molar-refractivity contribution in [3.63, 3.8) is 0 Å². The Balaban J connectivity index is 1.86. The van der Waals surface area contributed by atoms with Crippen LogP contribution in [-0.2, 0) is 20.6 Å². The fraction of sp³-hybridized carbons (Fsp3) is 0.278. The molecule has 5 nitrogen and oxygen atoms in total. The Bertz CT molecular complexity index is 869. The van der Waals surface area contributed by atoms with E-state index in [2.05, 4.69) is 10.0 Å². The highest BCUT2D eigenvalue weighted by Gasteiger charge is 2.10. The van der Waals surface area contributed by atoms with Crippen molar-refractivity contribution in [3.8, 4) is 0 Å². The zero-order valence-electron chi connectivity index (χ0n) is 14.6. The lowest BCUT2D eigenvalue weighted by Crippen LogP contribution is -2.16. The van der Waals surface area contributed by atoms with Gasteiger partial charge in [0.2, 0.25) is 15.9 Å². The third kappa shape index (κ3) is 6.55. The van der Waals surface area contributed by atoms with Crippen LogP contribution >= 0.6 is 23.4 Å². The van der Waals surface area contributed by atoms with Crippen LogP contribution in [0.25, 0.3) is 0 Å². The normalized spacial score (nSPS) is 11.2.